The van der Waals surface area contributed by atoms with E-state index >= 15 is 0 Å². The monoisotopic (exact) mass is 311 g/mol. The van der Waals surface area contributed by atoms with Gasteiger partial charge in [0.15, 0.2) is 11.6 Å². The Balaban J connectivity index is 1.70. The SMILES string of the molecule is CC(=O)C1C2C3COC(O3)C(=O)C2C2c3ccccc3C=CN12. The van der Waals surface area contributed by atoms with Crippen molar-refractivity contribution < 1.29 is 19.1 Å². The van der Waals surface area contributed by atoms with Gasteiger partial charge in [-0.25, -0.2) is 0 Å². The molecule has 0 radical (unpaired) electrons. The van der Waals surface area contributed by atoms with E-state index < -0.39 is 6.29 Å². The molecule has 0 spiro atoms. The third-order valence-electron chi connectivity index (χ3n) is 5.62. The van der Waals surface area contributed by atoms with E-state index in [1.54, 1.807) is 6.92 Å². The number of hydrogen-bond donors (Lipinski definition) is 0. The van der Waals surface area contributed by atoms with E-state index in [-0.39, 0.29) is 41.6 Å². The number of rotatable bonds is 1. The predicted molar refractivity (Wildman–Crippen MR) is 81.1 cm³/mol. The van der Waals surface area contributed by atoms with Gasteiger partial charge in [0.05, 0.1) is 30.7 Å². The predicted octanol–water partition coefficient (Wildman–Crippen LogP) is 1.54. The third-order valence-corrected chi connectivity index (χ3v) is 5.62. The topological polar surface area (TPSA) is 55.8 Å². The Morgan fingerprint density at radius 2 is 2.13 bits per heavy atom. The number of carbonyl (C=O) groups excluding carboxylic acids is 2. The van der Waals surface area contributed by atoms with Crippen LogP contribution in [0.1, 0.15) is 24.1 Å². The summed E-state index contributed by atoms with van der Waals surface area (Å²) < 4.78 is 11.2. The summed E-state index contributed by atoms with van der Waals surface area (Å²) in [5.74, 6) is -0.332. The van der Waals surface area contributed by atoms with Gasteiger partial charge in [0.1, 0.15) is 0 Å². The molecule has 23 heavy (non-hydrogen) atoms. The molecular weight excluding hydrogens is 294 g/mol. The second-order valence-corrected chi connectivity index (χ2v) is 6.74. The Morgan fingerprint density at radius 3 is 2.96 bits per heavy atom. The smallest absolute Gasteiger partial charge is 0.218 e. The van der Waals surface area contributed by atoms with Crippen molar-refractivity contribution in [3.05, 3.63) is 41.6 Å². The molecule has 6 atom stereocenters. The van der Waals surface area contributed by atoms with Gasteiger partial charge < -0.3 is 14.4 Å². The Kier molecular flexibility index (Phi) is 2.65. The average molecular weight is 311 g/mol. The van der Waals surface area contributed by atoms with Gasteiger partial charge in [-0.1, -0.05) is 24.3 Å². The van der Waals surface area contributed by atoms with Gasteiger partial charge in [-0.15, -0.1) is 0 Å². The normalized spacial score (nSPS) is 39.9. The molecule has 1 aromatic carbocycles. The van der Waals surface area contributed by atoms with Crippen LogP contribution in [0.2, 0.25) is 0 Å². The number of Topliss-reactive ketones (excluding diaryl/α,β-unsaturated/α-hetero) is 2. The van der Waals surface area contributed by atoms with Crippen LogP contribution in [-0.4, -0.2) is 41.5 Å². The summed E-state index contributed by atoms with van der Waals surface area (Å²) in [6.07, 6.45) is 3.06. The summed E-state index contributed by atoms with van der Waals surface area (Å²) in [5, 5.41) is 0. The van der Waals surface area contributed by atoms with Crippen LogP contribution in [0, 0.1) is 11.8 Å². The van der Waals surface area contributed by atoms with Crippen LogP contribution in [0.25, 0.3) is 6.08 Å². The number of ether oxygens (including phenoxy) is 2. The van der Waals surface area contributed by atoms with Crippen molar-refractivity contribution in [3.8, 4) is 0 Å². The Morgan fingerprint density at radius 1 is 1.30 bits per heavy atom. The first-order valence-electron chi connectivity index (χ1n) is 8.02. The molecule has 4 aliphatic heterocycles. The van der Waals surface area contributed by atoms with Crippen LogP contribution in [0.5, 0.6) is 0 Å². The van der Waals surface area contributed by atoms with E-state index in [2.05, 4.69) is 11.0 Å². The highest BCUT2D eigenvalue weighted by molar-refractivity contribution is 5.91. The van der Waals surface area contributed by atoms with E-state index in [1.165, 1.54) is 0 Å². The molecule has 118 valence electrons. The molecule has 4 aliphatic rings. The van der Waals surface area contributed by atoms with Crippen molar-refractivity contribution in [2.45, 2.75) is 31.4 Å². The molecule has 0 amide bonds. The van der Waals surface area contributed by atoms with Crippen molar-refractivity contribution in [3.63, 3.8) is 0 Å². The van der Waals surface area contributed by atoms with Crippen LogP contribution in [-0.2, 0) is 19.1 Å². The fourth-order valence-electron chi connectivity index (χ4n) is 4.79. The van der Waals surface area contributed by atoms with Crippen LogP contribution in [0.3, 0.4) is 0 Å². The van der Waals surface area contributed by atoms with Gasteiger partial charge in [0.25, 0.3) is 0 Å². The lowest BCUT2D eigenvalue weighted by atomic mass is 9.76. The summed E-state index contributed by atoms with van der Waals surface area (Å²) in [5.41, 5.74) is 2.23. The fraction of sp³-hybridized carbons (Fsp3) is 0.444. The van der Waals surface area contributed by atoms with E-state index in [9.17, 15) is 9.59 Å². The standard InChI is InChI=1S/C18H17NO4/c1-9(20)15-13-12-8-22-18(23-12)17(21)14(13)16-11-5-3-2-4-10(11)6-7-19(15)16/h2-7,12-16,18H,8H2,1H3. The summed E-state index contributed by atoms with van der Waals surface area (Å²) in [6, 6.07) is 7.66. The Labute approximate surface area is 133 Å². The molecule has 3 saturated heterocycles. The molecule has 4 heterocycles. The van der Waals surface area contributed by atoms with Crippen LogP contribution >= 0.6 is 0 Å². The Bertz CT molecular complexity index is 742. The first kappa shape index (κ1) is 13.5. The van der Waals surface area contributed by atoms with Crippen molar-refractivity contribution in [2.75, 3.05) is 6.61 Å². The minimum absolute atomic E-state index is 0.0207. The lowest BCUT2D eigenvalue weighted by Gasteiger charge is -2.34. The first-order chi connectivity index (χ1) is 11.2. The van der Waals surface area contributed by atoms with Crippen molar-refractivity contribution >= 4 is 17.6 Å². The molecule has 2 bridgehead atoms. The zero-order chi connectivity index (χ0) is 15.7. The quantitative estimate of drug-likeness (QED) is 0.787. The molecule has 5 heteroatoms. The van der Waals surface area contributed by atoms with Gasteiger partial charge >= 0.3 is 0 Å². The Hall–Kier alpha value is -1.98. The molecule has 0 saturated carbocycles. The largest absolute Gasteiger partial charge is 0.359 e. The molecule has 0 N–H and O–H groups in total. The number of fused-ring (bicyclic) bond motifs is 8. The highest BCUT2D eigenvalue weighted by Gasteiger charge is 2.63. The molecular formula is C18H17NO4. The fourth-order valence-corrected chi connectivity index (χ4v) is 4.79. The summed E-state index contributed by atoms with van der Waals surface area (Å²) in [4.78, 5) is 27.3. The van der Waals surface area contributed by atoms with Crippen LogP contribution < -0.4 is 0 Å². The van der Waals surface area contributed by atoms with Gasteiger partial charge in [-0.05, 0) is 24.1 Å². The molecule has 0 aromatic heterocycles. The number of nitrogens with zero attached hydrogens (tertiary/aromatic N) is 1. The van der Waals surface area contributed by atoms with Crippen molar-refractivity contribution in [1.82, 2.24) is 4.90 Å². The first-order valence-corrected chi connectivity index (χ1v) is 8.02. The number of ketones is 2. The minimum atomic E-state index is -0.758. The van der Waals surface area contributed by atoms with Crippen LogP contribution in [0.15, 0.2) is 30.5 Å². The van der Waals surface area contributed by atoms with E-state index in [0.29, 0.717) is 6.61 Å². The molecule has 1 aromatic rings. The van der Waals surface area contributed by atoms with E-state index in [0.717, 1.165) is 11.1 Å². The summed E-state index contributed by atoms with van der Waals surface area (Å²) in [6.45, 7) is 2.00. The van der Waals surface area contributed by atoms with Gasteiger partial charge in [0, 0.05) is 12.1 Å². The molecule has 6 unspecified atom stereocenters. The van der Waals surface area contributed by atoms with Gasteiger partial charge in [0.2, 0.25) is 6.29 Å². The van der Waals surface area contributed by atoms with Crippen LogP contribution in [0.4, 0.5) is 0 Å². The lowest BCUT2D eigenvalue weighted by molar-refractivity contribution is -0.165. The molecule has 0 aliphatic carbocycles. The van der Waals surface area contributed by atoms with E-state index in [1.807, 2.05) is 30.5 Å². The second-order valence-electron chi connectivity index (χ2n) is 6.74. The van der Waals surface area contributed by atoms with Gasteiger partial charge in [-0.3, -0.25) is 9.59 Å². The summed E-state index contributed by atoms with van der Waals surface area (Å²) in [7, 11) is 0. The summed E-state index contributed by atoms with van der Waals surface area (Å²) >= 11 is 0. The maximum absolute atomic E-state index is 12.9. The highest BCUT2D eigenvalue weighted by atomic mass is 16.7. The van der Waals surface area contributed by atoms with Crippen molar-refractivity contribution in [2.24, 2.45) is 11.8 Å². The highest BCUT2D eigenvalue weighted by Crippen LogP contribution is 2.54. The molecule has 5 rings (SSSR count). The van der Waals surface area contributed by atoms with Crippen molar-refractivity contribution in [1.29, 1.82) is 0 Å². The van der Waals surface area contributed by atoms with E-state index in [4.69, 9.17) is 9.47 Å². The lowest BCUT2D eigenvalue weighted by Crippen LogP contribution is -2.47. The van der Waals surface area contributed by atoms with Gasteiger partial charge in [-0.2, -0.15) is 0 Å². The zero-order valence-electron chi connectivity index (χ0n) is 12.7. The third kappa shape index (κ3) is 1.64. The minimum Gasteiger partial charge on any atom is -0.359 e. The maximum Gasteiger partial charge on any atom is 0.218 e. The number of carbonyl (C=O) groups is 2. The number of benzene rings is 1. The zero-order valence-corrected chi connectivity index (χ0v) is 12.7. The molecule has 3 fully saturated rings. The number of hydrogen-bond acceptors (Lipinski definition) is 5. The average Bonchev–Trinajstić information content (AvgIpc) is 3.13. The maximum atomic E-state index is 12.9. The second kappa shape index (κ2) is 4.52. The molecule has 5 nitrogen and oxygen atoms in total.